The van der Waals surface area contributed by atoms with E-state index in [1.165, 1.54) is 0 Å². The van der Waals surface area contributed by atoms with E-state index >= 15 is 0 Å². The van der Waals surface area contributed by atoms with Crippen molar-refractivity contribution in [3.63, 3.8) is 0 Å². The van der Waals surface area contributed by atoms with Crippen LogP contribution in [0.25, 0.3) is 0 Å². The van der Waals surface area contributed by atoms with Crippen LogP contribution in [-0.4, -0.2) is 25.2 Å². The Morgan fingerprint density at radius 1 is 1.58 bits per heavy atom. The minimum absolute atomic E-state index is 0.167. The highest BCUT2D eigenvalue weighted by Crippen LogP contribution is 1.96. The Balaban J connectivity index is 3.55. The van der Waals surface area contributed by atoms with Crippen LogP contribution < -0.4 is 16.8 Å². The molecule has 0 aromatic rings. The van der Waals surface area contributed by atoms with Gasteiger partial charge in [0.2, 0.25) is 0 Å². The first-order valence-corrected chi connectivity index (χ1v) is 4.52. The van der Waals surface area contributed by atoms with Crippen LogP contribution in [0.4, 0.5) is 0 Å². The van der Waals surface area contributed by atoms with Gasteiger partial charge in [0.1, 0.15) is 0 Å². The molecule has 5 N–H and O–H groups in total. The lowest BCUT2D eigenvalue weighted by Crippen LogP contribution is -2.43. The molecule has 2 atom stereocenters. The SMILES string of the molecule is C=CCC(NCCCN)C(C)N. The molecular weight excluding hydrogens is 150 g/mol. The lowest BCUT2D eigenvalue weighted by molar-refractivity contribution is 0.448. The lowest BCUT2D eigenvalue weighted by atomic mass is 10.1. The van der Waals surface area contributed by atoms with Gasteiger partial charge in [0.25, 0.3) is 0 Å². The summed E-state index contributed by atoms with van der Waals surface area (Å²) in [6, 6.07) is 0.509. The van der Waals surface area contributed by atoms with E-state index in [4.69, 9.17) is 11.5 Å². The molecule has 0 amide bonds. The van der Waals surface area contributed by atoms with Crippen LogP contribution in [0.2, 0.25) is 0 Å². The van der Waals surface area contributed by atoms with Crippen molar-refractivity contribution in [2.45, 2.75) is 31.8 Å². The Hall–Kier alpha value is -0.380. The molecule has 0 bridgehead atoms. The molecule has 72 valence electrons. The Morgan fingerprint density at radius 2 is 2.25 bits per heavy atom. The zero-order chi connectivity index (χ0) is 9.40. The highest BCUT2D eigenvalue weighted by atomic mass is 14.9. The molecule has 3 heteroatoms. The molecule has 0 saturated carbocycles. The molecule has 0 aromatic heterocycles. The van der Waals surface area contributed by atoms with Crippen LogP contribution >= 0.6 is 0 Å². The molecule has 2 unspecified atom stereocenters. The number of nitrogens with two attached hydrogens (primary N) is 2. The van der Waals surface area contributed by atoms with Gasteiger partial charge in [-0.2, -0.15) is 0 Å². The van der Waals surface area contributed by atoms with E-state index in [1.54, 1.807) is 0 Å². The van der Waals surface area contributed by atoms with Crippen LogP contribution in [0.1, 0.15) is 19.8 Å². The van der Waals surface area contributed by atoms with Crippen LogP contribution in [-0.2, 0) is 0 Å². The second-order valence-electron chi connectivity index (χ2n) is 3.09. The van der Waals surface area contributed by atoms with Gasteiger partial charge in [0.15, 0.2) is 0 Å². The van der Waals surface area contributed by atoms with E-state index in [2.05, 4.69) is 11.9 Å². The predicted octanol–water partition coefficient (Wildman–Crippen LogP) is 0.217. The third kappa shape index (κ3) is 5.29. The number of rotatable bonds is 7. The lowest BCUT2D eigenvalue weighted by Gasteiger charge is -2.20. The van der Waals surface area contributed by atoms with Crippen molar-refractivity contribution in [2.24, 2.45) is 11.5 Å². The number of hydrogen-bond donors (Lipinski definition) is 3. The average molecular weight is 171 g/mol. The van der Waals surface area contributed by atoms with Crippen molar-refractivity contribution in [3.05, 3.63) is 12.7 Å². The molecule has 0 aliphatic carbocycles. The molecule has 0 rings (SSSR count). The largest absolute Gasteiger partial charge is 0.330 e. The summed E-state index contributed by atoms with van der Waals surface area (Å²) in [5.41, 5.74) is 11.1. The van der Waals surface area contributed by atoms with E-state index in [1.807, 2.05) is 13.0 Å². The highest BCUT2D eigenvalue weighted by molar-refractivity contribution is 4.83. The first kappa shape index (κ1) is 11.6. The van der Waals surface area contributed by atoms with Crippen LogP contribution in [0.5, 0.6) is 0 Å². The summed E-state index contributed by atoms with van der Waals surface area (Å²) in [6.07, 6.45) is 3.81. The van der Waals surface area contributed by atoms with Gasteiger partial charge in [-0.1, -0.05) is 6.08 Å². The maximum absolute atomic E-state index is 5.76. The van der Waals surface area contributed by atoms with Crippen LogP contribution in [0, 0.1) is 0 Å². The minimum atomic E-state index is 0.167. The van der Waals surface area contributed by atoms with Crippen LogP contribution in [0.3, 0.4) is 0 Å². The zero-order valence-corrected chi connectivity index (χ0v) is 7.92. The van der Waals surface area contributed by atoms with Crippen LogP contribution in [0.15, 0.2) is 12.7 Å². The maximum Gasteiger partial charge on any atom is 0.0250 e. The molecule has 3 nitrogen and oxygen atoms in total. The first-order chi connectivity index (χ1) is 5.72. The van der Waals surface area contributed by atoms with Crippen molar-refractivity contribution in [2.75, 3.05) is 13.1 Å². The van der Waals surface area contributed by atoms with E-state index in [-0.39, 0.29) is 6.04 Å². The maximum atomic E-state index is 5.76. The van der Waals surface area contributed by atoms with E-state index < -0.39 is 0 Å². The van der Waals surface area contributed by atoms with E-state index in [0.29, 0.717) is 6.04 Å². The van der Waals surface area contributed by atoms with Crippen molar-refractivity contribution in [1.82, 2.24) is 5.32 Å². The molecule has 0 aliphatic rings. The van der Waals surface area contributed by atoms with Crippen molar-refractivity contribution < 1.29 is 0 Å². The Kier molecular flexibility index (Phi) is 7.05. The predicted molar refractivity (Wildman–Crippen MR) is 53.9 cm³/mol. The van der Waals surface area contributed by atoms with E-state index in [9.17, 15) is 0 Å². The van der Waals surface area contributed by atoms with Gasteiger partial charge in [-0.3, -0.25) is 0 Å². The smallest absolute Gasteiger partial charge is 0.0250 e. The van der Waals surface area contributed by atoms with Crippen molar-refractivity contribution in [3.8, 4) is 0 Å². The standard InChI is InChI=1S/C9H21N3/c1-3-5-9(8(2)11)12-7-4-6-10/h3,8-9,12H,1,4-7,10-11H2,2H3. The van der Waals surface area contributed by atoms with Gasteiger partial charge in [-0.15, -0.1) is 6.58 Å². The van der Waals surface area contributed by atoms with Gasteiger partial charge in [0, 0.05) is 12.1 Å². The summed E-state index contributed by atoms with van der Waals surface area (Å²) in [5, 5.41) is 3.34. The summed E-state index contributed by atoms with van der Waals surface area (Å²) >= 11 is 0. The van der Waals surface area contributed by atoms with Crippen molar-refractivity contribution >= 4 is 0 Å². The number of nitrogens with one attached hydrogen (secondary N) is 1. The summed E-state index contributed by atoms with van der Waals surface area (Å²) in [6.45, 7) is 7.36. The molecule has 0 spiro atoms. The monoisotopic (exact) mass is 171 g/mol. The molecule has 0 aliphatic heterocycles. The number of hydrogen-bond acceptors (Lipinski definition) is 3. The fourth-order valence-electron chi connectivity index (χ4n) is 1.05. The van der Waals surface area contributed by atoms with Gasteiger partial charge in [-0.05, 0) is 32.9 Å². The molecular formula is C9H21N3. The Bertz CT molecular complexity index is 112. The fraction of sp³-hybridized carbons (Fsp3) is 0.778. The average Bonchev–Trinajstić information content (AvgIpc) is 2.03. The first-order valence-electron chi connectivity index (χ1n) is 4.52. The molecule has 0 radical (unpaired) electrons. The Labute approximate surface area is 75.2 Å². The van der Waals surface area contributed by atoms with Gasteiger partial charge < -0.3 is 16.8 Å². The summed E-state index contributed by atoms with van der Waals surface area (Å²) in [5.74, 6) is 0. The molecule has 0 aromatic carbocycles. The Morgan fingerprint density at radius 3 is 2.67 bits per heavy atom. The highest BCUT2D eigenvalue weighted by Gasteiger charge is 2.09. The van der Waals surface area contributed by atoms with E-state index in [0.717, 1.165) is 25.9 Å². The topological polar surface area (TPSA) is 64.1 Å². The molecule has 0 fully saturated rings. The normalized spacial score (nSPS) is 15.6. The van der Waals surface area contributed by atoms with Gasteiger partial charge in [-0.25, -0.2) is 0 Å². The zero-order valence-electron chi connectivity index (χ0n) is 7.92. The molecule has 0 saturated heterocycles. The second-order valence-corrected chi connectivity index (χ2v) is 3.09. The summed E-state index contributed by atoms with van der Waals surface area (Å²) in [4.78, 5) is 0. The third-order valence-electron chi connectivity index (χ3n) is 1.84. The van der Waals surface area contributed by atoms with Crippen molar-refractivity contribution in [1.29, 1.82) is 0 Å². The quantitative estimate of drug-likeness (QED) is 0.379. The molecule has 0 heterocycles. The third-order valence-corrected chi connectivity index (χ3v) is 1.84. The summed E-state index contributed by atoms with van der Waals surface area (Å²) < 4.78 is 0. The minimum Gasteiger partial charge on any atom is -0.330 e. The fourth-order valence-corrected chi connectivity index (χ4v) is 1.05. The van der Waals surface area contributed by atoms with Gasteiger partial charge >= 0.3 is 0 Å². The molecule has 12 heavy (non-hydrogen) atoms. The second kappa shape index (κ2) is 7.28. The summed E-state index contributed by atoms with van der Waals surface area (Å²) in [7, 11) is 0. The van der Waals surface area contributed by atoms with Gasteiger partial charge in [0.05, 0.1) is 0 Å².